The van der Waals surface area contributed by atoms with Gasteiger partial charge in [0, 0.05) is 24.2 Å². The molecule has 0 radical (unpaired) electrons. The van der Waals surface area contributed by atoms with E-state index < -0.39 is 30.1 Å². The van der Waals surface area contributed by atoms with E-state index in [0.717, 1.165) is 6.42 Å². The first-order valence-corrected chi connectivity index (χ1v) is 12.5. The van der Waals surface area contributed by atoms with Crippen molar-refractivity contribution in [3.8, 4) is 11.5 Å². The minimum atomic E-state index is -1.12. The summed E-state index contributed by atoms with van der Waals surface area (Å²) in [5, 5.41) is 33.2. The summed E-state index contributed by atoms with van der Waals surface area (Å²) < 4.78 is 11.7. The van der Waals surface area contributed by atoms with E-state index in [1.165, 1.54) is 13.2 Å². The molecule has 0 aromatic heterocycles. The van der Waals surface area contributed by atoms with Crippen LogP contribution >= 0.6 is 0 Å². The molecule has 2 aliphatic rings. The third kappa shape index (κ3) is 5.74. The number of rotatable bonds is 11. The van der Waals surface area contributed by atoms with Gasteiger partial charge in [-0.1, -0.05) is 26.8 Å². The fourth-order valence-corrected chi connectivity index (χ4v) is 4.74. The van der Waals surface area contributed by atoms with Gasteiger partial charge in [-0.05, 0) is 48.6 Å². The Morgan fingerprint density at radius 3 is 2.64 bits per heavy atom. The molecule has 0 saturated carbocycles. The second kappa shape index (κ2) is 12.4. The van der Waals surface area contributed by atoms with E-state index in [0.29, 0.717) is 47.1 Å². The number of aliphatic hydroxyl groups is 3. The Balaban J connectivity index is 2.11. The Morgan fingerprint density at radius 1 is 1.28 bits per heavy atom. The second-order valence-electron chi connectivity index (χ2n) is 9.54. The first-order chi connectivity index (χ1) is 17.3. The number of ether oxygens (including phenoxy) is 2. The van der Waals surface area contributed by atoms with Crippen molar-refractivity contribution in [2.45, 2.75) is 64.4 Å². The molecule has 0 bridgehead atoms. The first kappa shape index (κ1) is 27.7. The largest absolute Gasteiger partial charge is 0.493 e. The molecule has 0 saturated heterocycles. The summed E-state index contributed by atoms with van der Waals surface area (Å²) in [6.45, 7) is 6.05. The van der Waals surface area contributed by atoms with Gasteiger partial charge in [-0.3, -0.25) is 9.59 Å². The Morgan fingerprint density at radius 2 is 2.03 bits per heavy atom. The smallest absolute Gasteiger partial charge is 0.247 e. The molecule has 36 heavy (non-hydrogen) atoms. The van der Waals surface area contributed by atoms with Crippen LogP contribution in [0.15, 0.2) is 35.9 Å². The SMILES string of the molecule is CCC=CC(=O)N(CCC(C)C)C1C=C(C(=O)NCCO)C2c3cc(CO)cc(OC)c3OC2C1O. The number of hydrogen-bond donors (Lipinski definition) is 4. The van der Waals surface area contributed by atoms with Gasteiger partial charge in [-0.15, -0.1) is 0 Å². The first-order valence-electron chi connectivity index (χ1n) is 12.5. The predicted molar refractivity (Wildman–Crippen MR) is 135 cm³/mol. The number of amides is 2. The van der Waals surface area contributed by atoms with Crippen LogP contribution in [0, 0.1) is 5.92 Å². The van der Waals surface area contributed by atoms with E-state index in [9.17, 15) is 24.9 Å². The minimum absolute atomic E-state index is 0.0593. The number of hydrogen-bond acceptors (Lipinski definition) is 7. The average molecular weight is 503 g/mol. The van der Waals surface area contributed by atoms with Gasteiger partial charge in [-0.2, -0.15) is 0 Å². The Bertz CT molecular complexity index is 1000. The Labute approximate surface area is 212 Å². The fraction of sp³-hybridized carbons (Fsp3) is 0.556. The van der Waals surface area contributed by atoms with Crippen molar-refractivity contribution in [3.63, 3.8) is 0 Å². The van der Waals surface area contributed by atoms with E-state index in [2.05, 4.69) is 19.2 Å². The Hall–Kier alpha value is -2.88. The van der Waals surface area contributed by atoms with Gasteiger partial charge in [0.25, 0.3) is 0 Å². The van der Waals surface area contributed by atoms with Gasteiger partial charge in [-0.25, -0.2) is 0 Å². The average Bonchev–Trinajstić information content (AvgIpc) is 3.26. The summed E-state index contributed by atoms with van der Waals surface area (Å²) in [5.41, 5.74) is 1.54. The normalized spacial score (nSPS) is 22.6. The van der Waals surface area contributed by atoms with Crippen LogP contribution in [0.3, 0.4) is 0 Å². The zero-order chi connectivity index (χ0) is 26.4. The zero-order valence-electron chi connectivity index (χ0n) is 21.4. The number of fused-ring (bicyclic) bond motifs is 3. The summed E-state index contributed by atoms with van der Waals surface area (Å²) in [6, 6.07) is 2.60. The molecule has 3 rings (SSSR count). The lowest BCUT2D eigenvalue weighted by Crippen LogP contribution is -2.55. The van der Waals surface area contributed by atoms with E-state index in [1.807, 2.05) is 6.92 Å². The lowest BCUT2D eigenvalue weighted by molar-refractivity contribution is -0.132. The summed E-state index contributed by atoms with van der Waals surface area (Å²) >= 11 is 0. The number of nitrogens with zero attached hydrogens (tertiary/aromatic N) is 1. The van der Waals surface area contributed by atoms with Crippen LogP contribution in [0.5, 0.6) is 11.5 Å². The topological polar surface area (TPSA) is 129 Å². The van der Waals surface area contributed by atoms with Crippen LogP contribution < -0.4 is 14.8 Å². The van der Waals surface area contributed by atoms with Gasteiger partial charge >= 0.3 is 0 Å². The minimum Gasteiger partial charge on any atom is -0.493 e. The maximum atomic E-state index is 13.3. The van der Waals surface area contributed by atoms with Crippen molar-refractivity contribution in [1.82, 2.24) is 10.2 Å². The van der Waals surface area contributed by atoms with Crippen molar-refractivity contribution >= 4 is 11.8 Å². The molecule has 1 aromatic rings. The molecular formula is C27H38N2O7. The van der Waals surface area contributed by atoms with E-state index in [-0.39, 0.29) is 25.7 Å². The molecule has 198 valence electrons. The summed E-state index contributed by atoms with van der Waals surface area (Å²) in [6.07, 6.45) is 4.36. The van der Waals surface area contributed by atoms with Crippen molar-refractivity contribution in [3.05, 3.63) is 47.1 Å². The molecule has 1 aliphatic heterocycles. The van der Waals surface area contributed by atoms with E-state index in [4.69, 9.17) is 9.47 Å². The third-order valence-electron chi connectivity index (χ3n) is 6.58. The van der Waals surface area contributed by atoms with Crippen molar-refractivity contribution in [2.24, 2.45) is 5.92 Å². The molecule has 4 atom stereocenters. The van der Waals surface area contributed by atoms with Gasteiger partial charge in [0.05, 0.1) is 32.3 Å². The summed E-state index contributed by atoms with van der Waals surface area (Å²) in [4.78, 5) is 28.0. The lowest BCUT2D eigenvalue weighted by atomic mass is 9.77. The molecule has 4 unspecified atom stereocenters. The van der Waals surface area contributed by atoms with E-state index in [1.54, 1.807) is 29.2 Å². The fourth-order valence-electron chi connectivity index (χ4n) is 4.74. The quantitative estimate of drug-likeness (QED) is 0.339. The highest BCUT2D eigenvalue weighted by molar-refractivity contribution is 5.96. The van der Waals surface area contributed by atoms with Crippen LogP contribution in [0.1, 0.15) is 50.7 Å². The second-order valence-corrected chi connectivity index (χ2v) is 9.54. The van der Waals surface area contributed by atoms with Crippen LogP contribution in [0.25, 0.3) is 0 Å². The molecule has 1 aliphatic carbocycles. The summed E-state index contributed by atoms with van der Waals surface area (Å²) in [7, 11) is 1.48. The molecular weight excluding hydrogens is 464 g/mol. The highest BCUT2D eigenvalue weighted by atomic mass is 16.5. The van der Waals surface area contributed by atoms with Gasteiger partial charge in [0.15, 0.2) is 11.5 Å². The maximum absolute atomic E-state index is 13.3. The van der Waals surface area contributed by atoms with Crippen molar-refractivity contribution in [2.75, 3.05) is 26.8 Å². The molecule has 0 spiro atoms. The zero-order valence-corrected chi connectivity index (χ0v) is 21.4. The number of methoxy groups -OCH3 is 1. The molecule has 9 heteroatoms. The number of carbonyl (C=O) groups excluding carboxylic acids is 2. The standard InChI is InChI=1S/C27H38N2O7/c1-5-6-7-22(32)29(10-8-16(2)3)20-14-19(27(34)28-9-11-30)23-18-12-17(15-31)13-21(35-4)25(18)36-26(23)24(20)33/h6-7,12-14,16,20,23-24,26,30-31,33H,5,8-11,15H2,1-4H3,(H,28,34). The highest BCUT2D eigenvalue weighted by Gasteiger charge is 2.51. The molecule has 9 nitrogen and oxygen atoms in total. The number of allylic oxidation sites excluding steroid dienone is 1. The van der Waals surface area contributed by atoms with Gasteiger partial charge in [0.1, 0.15) is 12.2 Å². The monoisotopic (exact) mass is 502 g/mol. The number of carbonyl (C=O) groups is 2. The molecule has 2 amide bonds. The number of nitrogens with one attached hydrogen (secondary N) is 1. The van der Waals surface area contributed by atoms with Crippen molar-refractivity contribution in [1.29, 1.82) is 0 Å². The molecule has 1 heterocycles. The predicted octanol–water partition coefficient (Wildman–Crippen LogP) is 1.65. The van der Waals surface area contributed by atoms with E-state index >= 15 is 0 Å². The number of benzene rings is 1. The van der Waals surface area contributed by atoms with Gasteiger partial charge < -0.3 is 35.0 Å². The number of aliphatic hydroxyl groups excluding tert-OH is 3. The van der Waals surface area contributed by atoms with Crippen molar-refractivity contribution < 1.29 is 34.4 Å². The van der Waals surface area contributed by atoms with Crippen LogP contribution in [-0.4, -0.2) is 77.1 Å². The highest BCUT2D eigenvalue weighted by Crippen LogP contribution is 2.51. The molecule has 1 aromatic carbocycles. The van der Waals surface area contributed by atoms with Crippen LogP contribution in [0.4, 0.5) is 0 Å². The van der Waals surface area contributed by atoms with Crippen LogP contribution in [0.2, 0.25) is 0 Å². The Kier molecular flexibility index (Phi) is 9.53. The third-order valence-corrected chi connectivity index (χ3v) is 6.58. The lowest BCUT2D eigenvalue weighted by Gasteiger charge is -2.40. The maximum Gasteiger partial charge on any atom is 0.247 e. The summed E-state index contributed by atoms with van der Waals surface area (Å²) in [5.74, 6) is -0.185. The molecule has 4 N–H and O–H groups in total. The van der Waals surface area contributed by atoms with Gasteiger partial charge in [0.2, 0.25) is 11.8 Å². The molecule has 0 fully saturated rings. The van der Waals surface area contributed by atoms with Crippen LogP contribution in [-0.2, 0) is 16.2 Å².